The van der Waals surface area contributed by atoms with E-state index >= 15 is 0 Å². The molecule has 1 amide bonds. The Bertz CT molecular complexity index is 927. The molecule has 0 radical (unpaired) electrons. The van der Waals surface area contributed by atoms with Crippen molar-refractivity contribution in [3.05, 3.63) is 70.8 Å². The molecule has 2 aromatic carbocycles. The Morgan fingerprint density at radius 3 is 2.00 bits per heavy atom. The van der Waals surface area contributed by atoms with Crippen LogP contribution in [0.5, 0.6) is 0 Å². The molecule has 1 unspecified atom stereocenters. The molecule has 2 N–H and O–H groups in total. The molecular weight excluding hydrogens is 354 g/mol. The van der Waals surface area contributed by atoms with Crippen LogP contribution in [0, 0.1) is 0 Å². The van der Waals surface area contributed by atoms with Crippen LogP contribution in [0.1, 0.15) is 62.3 Å². The molecular formula is C23H25NO4. The van der Waals surface area contributed by atoms with E-state index in [0.717, 1.165) is 22.3 Å². The Labute approximate surface area is 164 Å². The van der Waals surface area contributed by atoms with Gasteiger partial charge in [-0.3, -0.25) is 0 Å². The van der Waals surface area contributed by atoms with Crippen LogP contribution in [-0.2, 0) is 14.9 Å². The van der Waals surface area contributed by atoms with E-state index in [9.17, 15) is 14.7 Å². The van der Waals surface area contributed by atoms with Crippen molar-refractivity contribution in [2.24, 2.45) is 0 Å². The first kappa shape index (κ1) is 18.5. The zero-order valence-electron chi connectivity index (χ0n) is 16.6. The molecule has 2 bridgehead atoms. The van der Waals surface area contributed by atoms with E-state index in [1.165, 1.54) is 0 Å². The van der Waals surface area contributed by atoms with Crippen molar-refractivity contribution in [3.8, 4) is 0 Å². The number of carbonyl (C=O) groups excluding carboxylic acids is 1. The summed E-state index contributed by atoms with van der Waals surface area (Å²) in [7, 11) is 0. The molecule has 0 aromatic heterocycles. The van der Waals surface area contributed by atoms with E-state index in [1.54, 1.807) is 20.8 Å². The smallest absolute Gasteiger partial charge is 0.408 e. The number of hydrogen-bond donors (Lipinski definition) is 2. The van der Waals surface area contributed by atoms with Gasteiger partial charge in [0.1, 0.15) is 5.60 Å². The summed E-state index contributed by atoms with van der Waals surface area (Å²) in [5, 5.41) is 13.1. The lowest BCUT2D eigenvalue weighted by molar-refractivity contribution is -0.147. The maximum atomic E-state index is 12.7. The summed E-state index contributed by atoms with van der Waals surface area (Å²) in [4.78, 5) is 25.3. The van der Waals surface area contributed by atoms with Crippen LogP contribution >= 0.6 is 0 Å². The van der Waals surface area contributed by atoms with Gasteiger partial charge in [0.2, 0.25) is 0 Å². The van der Waals surface area contributed by atoms with E-state index in [0.29, 0.717) is 0 Å². The summed E-state index contributed by atoms with van der Waals surface area (Å²) in [5.74, 6) is -1.52. The number of nitrogens with one attached hydrogen (secondary N) is 1. The van der Waals surface area contributed by atoms with Crippen LogP contribution in [0.3, 0.4) is 0 Å². The minimum absolute atomic E-state index is 0.271. The summed E-state index contributed by atoms with van der Waals surface area (Å²) < 4.78 is 5.42. The van der Waals surface area contributed by atoms with Crippen LogP contribution in [-0.4, -0.2) is 28.3 Å². The van der Waals surface area contributed by atoms with Gasteiger partial charge in [0.15, 0.2) is 5.54 Å². The molecule has 3 aliphatic rings. The predicted octanol–water partition coefficient (Wildman–Crippen LogP) is 4.19. The van der Waals surface area contributed by atoms with Gasteiger partial charge in [-0.15, -0.1) is 0 Å². The molecule has 0 heterocycles. The molecule has 0 spiro atoms. The summed E-state index contributed by atoms with van der Waals surface area (Å²) in [6, 6.07) is 15.9. The van der Waals surface area contributed by atoms with E-state index in [-0.39, 0.29) is 6.42 Å². The third kappa shape index (κ3) is 2.53. The third-order valence-corrected chi connectivity index (χ3v) is 5.96. The Balaban J connectivity index is 1.91. The van der Waals surface area contributed by atoms with Crippen LogP contribution < -0.4 is 5.32 Å². The molecule has 5 rings (SSSR count). The number of carbonyl (C=O) groups is 2. The van der Waals surface area contributed by atoms with Crippen molar-refractivity contribution in [1.82, 2.24) is 5.32 Å². The van der Waals surface area contributed by atoms with E-state index < -0.39 is 34.5 Å². The first-order valence-corrected chi connectivity index (χ1v) is 9.52. The monoisotopic (exact) mass is 379 g/mol. The fourth-order valence-electron chi connectivity index (χ4n) is 5.05. The predicted molar refractivity (Wildman–Crippen MR) is 106 cm³/mol. The van der Waals surface area contributed by atoms with Gasteiger partial charge >= 0.3 is 12.1 Å². The van der Waals surface area contributed by atoms with E-state index in [2.05, 4.69) is 24.4 Å². The summed E-state index contributed by atoms with van der Waals surface area (Å²) >= 11 is 0. The molecule has 1 atom stereocenters. The lowest BCUT2D eigenvalue weighted by Gasteiger charge is -2.55. The van der Waals surface area contributed by atoms with E-state index in [4.69, 9.17) is 4.74 Å². The SMILES string of the molecule is CC(C)(C)OC(=O)NC1(C(=O)O)CC2(C)c3ccccc3C1c1ccccc12. The summed E-state index contributed by atoms with van der Waals surface area (Å²) in [5.41, 5.74) is 1.46. The molecule has 0 saturated heterocycles. The van der Waals surface area contributed by atoms with Gasteiger partial charge in [0.25, 0.3) is 0 Å². The number of ether oxygens (including phenoxy) is 1. The van der Waals surface area contributed by atoms with Crippen LogP contribution in [0.15, 0.2) is 48.5 Å². The summed E-state index contributed by atoms with van der Waals surface area (Å²) in [6.07, 6.45) is -0.436. The van der Waals surface area contributed by atoms with Crippen molar-refractivity contribution < 1.29 is 19.4 Å². The molecule has 2 aromatic rings. The maximum Gasteiger partial charge on any atom is 0.408 e. The zero-order valence-corrected chi connectivity index (χ0v) is 16.6. The van der Waals surface area contributed by atoms with Gasteiger partial charge in [-0.1, -0.05) is 55.5 Å². The topological polar surface area (TPSA) is 75.6 Å². The highest BCUT2D eigenvalue weighted by molar-refractivity contribution is 5.89. The lowest BCUT2D eigenvalue weighted by Crippen LogP contribution is -2.66. The fraction of sp³-hybridized carbons (Fsp3) is 0.391. The van der Waals surface area contributed by atoms with Gasteiger partial charge in [-0.2, -0.15) is 0 Å². The standard InChI is InChI=1S/C23H25NO4/c1-21(2,3)28-20(27)24-23(19(25)26)13-22(4)16-11-7-5-9-14(16)18(23)15-10-6-8-12-17(15)22/h5-12,18H,13H2,1-4H3,(H,24,27)(H,25,26). The highest BCUT2D eigenvalue weighted by Gasteiger charge is 2.62. The number of benzene rings is 2. The first-order valence-electron chi connectivity index (χ1n) is 9.52. The van der Waals surface area contributed by atoms with Gasteiger partial charge < -0.3 is 15.2 Å². The van der Waals surface area contributed by atoms with Crippen LogP contribution in [0.25, 0.3) is 0 Å². The second-order valence-electron chi connectivity index (χ2n) is 9.02. The van der Waals surface area contributed by atoms with Crippen molar-refractivity contribution >= 4 is 12.1 Å². The molecule has 5 nitrogen and oxygen atoms in total. The number of carboxylic acids is 1. The lowest BCUT2D eigenvalue weighted by atomic mass is 9.49. The quantitative estimate of drug-likeness (QED) is 0.820. The molecule has 3 aliphatic carbocycles. The number of aliphatic carboxylic acids is 1. The highest BCUT2D eigenvalue weighted by Crippen LogP contribution is 2.60. The Kier molecular flexibility index (Phi) is 3.86. The Morgan fingerprint density at radius 1 is 1.04 bits per heavy atom. The minimum atomic E-state index is -1.47. The van der Waals surface area contributed by atoms with Crippen molar-refractivity contribution in [3.63, 3.8) is 0 Å². The van der Waals surface area contributed by atoms with E-state index in [1.807, 2.05) is 36.4 Å². The number of amides is 1. The summed E-state index contributed by atoms with van der Waals surface area (Å²) in [6.45, 7) is 7.35. The highest BCUT2D eigenvalue weighted by atomic mass is 16.6. The number of fused-ring (bicyclic) bond motifs is 1. The largest absolute Gasteiger partial charge is 0.479 e. The molecule has 5 heteroatoms. The number of hydrogen-bond acceptors (Lipinski definition) is 3. The number of alkyl carbamates (subject to hydrolysis) is 1. The molecule has 0 saturated carbocycles. The molecule has 146 valence electrons. The van der Waals surface area contributed by atoms with Gasteiger partial charge in [-0.05, 0) is 49.4 Å². The number of rotatable bonds is 2. The average molecular weight is 379 g/mol. The van der Waals surface area contributed by atoms with Gasteiger partial charge in [0.05, 0.1) is 0 Å². The Morgan fingerprint density at radius 2 is 1.54 bits per heavy atom. The van der Waals surface area contributed by atoms with Crippen molar-refractivity contribution in [2.45, 2.75) is 56.6 Å². The van der Waals surface area contributed by atoms with Gasteiger partial charge in [0, 0.05) is 11.3 Å². The molecule has 0 aliphatic heterocycles. The maximum absolute atomic E-state index is 12.7. The van der Waals surface area contributed by atoms with Crippen LogP contribution in [0.4, 0.5) is 4.79 Å². The molecule has 0 fully saturated rings. The first-order chi connectivity index (χ1) is 13.1. The second-order valence-corrected chi connectivity index (χ2v) is 9.02. The zero-order chi connectivity index (χ0) is 20.3. The minimum Gasteiger partial charge on any atom is -0.479 e. The third-order valence-electron chi connectivity index (χ3n) is 5.96. The average Bonchev–Trinajstić information content (AvgIpc) is 2.60. The second kappa shape index (κ2) is 5.84. The normalized spacial score (nSPS) is 27.5. The molecule has 28 heavy (non-hydrogen) atoms. The van der Waals surface area contributed by atoms with Crippen LogP contribution in [0.2, 0.25) is 0 Å². The van der Waals surface area contributed by atoms with Gasteiger partial charge in [-0.25, -0.2) is 9.59 Å². The fourth-order valence-corrected chi connectivity index (χ4v) is 5.05. The number of carboxylic acid groups (broad SMARTS) is 1. The Hall–Kier alpha value is -2.82. The van der Waals surface area contributed by atoms with Crippen molar-refractivity contribution in [2.75, 3.05) is 0 Å². The van der Waals surface area contributed by atoms with Crippen molar-refractivity contribution in [1.29, 1.82) is 0 Å².